The fourth-order valence-electron chi connectivity index (χ4n) is 2.99. The third kappa shape index (κ3) is 2.58. The van der Waals surface area contributed by atoms with Gasteiger partial charge in [-0.3, -0.25) is 9.80 Å². The van der Waals surface area contributed by atoms with E-state index in [1.54, 1.807) is 0 Å². The van der Waals surface area contributed by atoms with Crippen LogP contribution in [0.4, 0.5) is 0 Å². The minimum atomic E-state index is 0.778. The monoisotopic (exact) mass is 249 g/mol. The van der Waals surface area contributed by atoms with Gasteiger partial charge in [-0.2, -0.15) is 0 Å². The van der Waals surface area contributed by atoms with Crippen molar-refractivity contribution >= 4 is 0 Å². The van der Waals surface area contributed by atoms with Gasteiger partial charge in [0.25, 0.3) is 0 Å². The summed E-state index contributed by atoms with van der Waals surface area (Å²) < 4.78 is 2.12. The number of hydrogen-bond donors (Lipinski definition) is 1. The molecule has 5 heteroatoms. The summed E-state index contributed by atoms with van der Waals surface area (Å²) in [5.74, 6) is 1.17. The van der Waals surface area contributed by atoms with Gasteiger partial charge in [0.15, 0.2) is 0 Å². The van der Waals surface area contributed by atoms with E-state index in [-0.39, 0.29) is 0 Å². The highest BCUT2D eigenvalue weighted by Crippen LogP contribution is 2.13. The van der Waals surface area contributed by atoms with Gasteiger partial charge >= 0.3 is 0 Å². The Balaban J connectivity index is 1.49. The maximum absolute atomic E-state index is 4.40. The number of nitrogens with zero attached hydrogens (tertiary/aromatic N) is 4. The van der Waals surface area contributed by atoms with Crippen molar-refractivity contribution in [1.82, 2.24) is 24.7 Å². The van der Waals surface area contributed by atoms with Crippen LogP contribution in [0.25, 0.3) is 0 Å². The van der Waals surface area contributed by atoms with E-state index in [9.17, 15) is 0 Å². The van der Waals surface area contributed by atoms with E-state index in [1.807, 2.05) is 12.4 Å². The zero-order valence-electron chi connectivity index (χ0n) is 11.2. The first kappa shape index (κ1) is 12.1. The van der Waals surface area contributed by atoms with Crippen LogP contribution in [-0.2, 0) is 13.6 Å². The first-order valence-electron chi connectivity index (χ1n) is 6.96. The zero-order valence-corrected chi connectivity index (χ0v) is 11.2. The Kier molecular flexibility index (Phi) is 3.63. The van der Waals surface area contributed by atoms with Gasteiger partial charge in [-0.05, 0) is 13.0 Å². The Hall–Kier alpha value is -0.910. The van der Waals surface area contributed by atoms with Crippen molar-refractivity contribution in [2.45, 2.75) is 19.0 Å². The van der Waals surface area contributed by atoms with Crippen LogP contribution in [0, 0.1) is 0 Å². The SMILES string of the molecule is Cn1ccnc1CN1CCN(C2CCNC2)CC1. The molecular weight excluding hydrogens is 226 g/mol. The predicted octanol–water partition coefficient (Wildman–Crippen LogP) is -0.100. The normalized spacial score (nSPS) is 26.8. The van der Waals surface area contributed by atoms with Crippen molar-refractivity contribution in [2.24, 2.45) is 7.05 Å². The smallest absolute Gasteiger partial charge is 0.122 e. The van der Waals surface area contributed by atoms with E-state index in [2.05, 4.69) is 31.7 Å². The lowest BCUT2D eigenvalue weighted by atomic mass is 10.2. The molecule has 2 aliphatic rings. The number of hydrogen-bond acceptors (Lipinski definition) is 4. The minimum absolute atomic E-state index is 0.778. The summed E-state index contributed by atoms with van der Waals surface area (Å²) in [6, 6.07) is 0.778. The fraction of sp³-hybridized carbons (Fsp3) is 0.769. The number of piperazine rings is 1. The molecule has 0 radical (unpaired) electrons. The van der Waals surface area contributed by atoms with Crippen LogP contribution in [0.3, 0.4) is 0 Å². The molecule has 1 aromatic rings. The topological polar surface area (TPSA) is 36.3 Å². The molecule has 1 N–H and O–H groups in total. The van der Waals surface area contributed by atoms with Crippen LogP contribution >= 0.6 is 0 Å². The lowest BCUT2D eigenvalue weighted by Gasteiger charge is -2.37. The summed E-state index contributed by atoms with van der Waals surface area (Å²) in [7, 11) is 2.07. The van der Waals surface area contributed by atoms with E-state index < -0.39 is 0 Å². The van der Waals surface area contributed by atoms with Crippen LogP contribution in [0.2, 0.25) is 0 Å². The second kappa shape index (κ2) is 5.38. The molecule has 3 heterocycles. The van der Waals surface area contributed by atoms with Crippen molar-refractivity contribution in [1.29, 1.82) is 0 Å². The second-order valence-corrected chi connectivity index (χ2v) is 5.41. The molecule has 1 atom stereocenters. The molecule has 0 saturated carbocycles. The molecule has 2 aliphatic heterocycles. The number of aromatic nitrogens is 2. The Labute approximate surface area is 109 Å². The van der Waals surface area contributed by atoms with Crippen molar-refractivity contribution in [3.63, 3.8) is 0 Å². The molecule has 0 amide bonds. The standard InChI is InChI=1S/C13H23N5/c1-16-5-4-15-13(16)11-17-6-8-18(9-7-17)12-2-3-14-10-12/h4-5,12,14H,2-3,6-11H2,1H3. The molecule has 0 aromatic carbocycles. The van der Waals surface area contributed by atoms with Crippen LogP contribution in [0.15, 0.2) is 12.4 Å². The van der Waals surface area contributed by atoms with E-state index in [0.717, 1.165) is 12.6 Å². The van der Waals surface area contributed by atoms with E-state index >= 15 is 0 Å². The highest BCUT2D eigenvalue weighted by atomic mass is 15.3. The van der Waals surface area contributed by atoms with E-state index in [1.165, 1.54) is 51.5 Å². The van der Waals surface area contributed by atoms with Gasteiger partial charge in [0.2, 0.25) is 0 Å². The number of rotatable bonds is 3. The lowest BCUT2D eigenvalue weighted by Crippen LogP contribution is -2.50. The van der Waals surface area contributed by atoms with Crippen LogP contribution in [-0.4, -0.2) is 64.7 Å². The molecule has 18 heavy (non-hydrogen) atoms. The molecule has 2 fully saturated rings. The molecule has 0 aliphatic carbocycles. The Morgan fingerprint density at radius 2 is 2.17 bits per heavy atom. The average Bonchev–Trinajstić information content (AvgIpc) is 3.03. The maximum Gasteiger partial charge on any atom is 0.122 e. The zero-order chi connectivity index (χ0) is 12.4. The lowest BCUT2D eigenvalue weighted by molar-refractivity contribution is 0.0959. The Morgan fingerprint density at radius 3 is 2.78 bits per heavy atom. The summed E-state index contributed by atoms with van der Waals surface area (Å²) >= 11 is 0. The number of imidazole rings is 1. The Morgan fingerprint density at radius 1 is 1.33 bits per heavy atom. The van der Waals surface area contributed by atoms with Crippen LogP contribution < -0.4 is 5.32 Å². The first-order valence-corrected chi connectivity index (χ1v) is 6.96. The second-order valence-electron chi connectivity index (χ2n) is 5.41. The first-order chi connectivity index (χ1) is 8.83. The number of nitrogens with one attached hydrogen (secondary N) is 1. The van der Waals surface area contributed by atoms with Gasteiger partial charge in [-0.25, -0.2) is 4.98 Å². The summed E-state index contributed by atoms with van der Waals surface area (Å²) in [5.41, 5.74) is 0. The highest BCUT2D eigenvalue weighted by Gasteiger charge is 2.26. The predicted molar refractivity (Wildman–Crippen MR) is 71.3 cm³/mol. The van der Waals surface area contributed by atoms with Gasteiger partial charge in [0, 0.05) is 58.2 Å². The largest absolute Gasteiger partial charge is 0.337 e. The summed E-state index contributed by atoms with van der Waals surface area (Å²) in [6.07, 6.45) is 5.23. The van der Waals surface area contributed by atoms with E-state index in [4.69, 9.17) is 0 Å². The molecule has 0 bridgehead atoms. The fourth-order valence-corrected chi connectivity index (χ4v) is 2.99. The third-order valence-corrected chi connectivity index (χ3v) is 4.24. The molecule has 100 valence electrons. The van der Waals surface area contributed by atoms with Crippen molar-refractivity contribution < 1.29 is 0 Å². The molecule has 2 saturated heterocycles. The van der Waals surface area contributed by atoms with Gasteiger partial charge in [0.1, 0.15) is 5.82 Å². The third-order valence-electron chi connectivity index (χ3n) is 4.24. The van der Waals surface area contributed by atoms with E-state index in [0.29, 0.717) is 0 Å². The average molecular weight is 249 g/mol. The van der Waals surface area contributed by atoms with Gasteiger partial charge < -0.3 is 9.88 Å². The summed E-state index contributed by atoms with van der Waals surface area (Å²) in [5, 5.41) is 3.46. The van der Waals surface area contributed by atoms with Crippen molar-refractivity contribution in [2.75, 3.05) is 39.3 Å². The van der Waals surface area contributed by atoms with Crippen molar-refractivity contribution in [3.05, 3.63) is 18.2 Å². The molecule has 1 aromatic heterocycles. The summed E-state index contributed by atoms with van der Waals surface area (Å²) in [4.78, 5) is 9.57. The van der Waals surface area contributed by atoms with Crippen LogP contribution in [0.5, 0.6) is 0 Å². The number of aryl methyl sites for hydroxylation is 1. The highest BCUT2D eigenvalue weighted by molar-refractivity contribution is 4.92. The quantitative estimate of drug-likeness (QED) is 0.811. The van der Waals surface area contributed by atoms with Crippen LogP contribution in [0.1, 0.15) is 12.2 Å². The van der Waals surface area contributed by atoms with Crippen molar-refractivity contribution in [3.8, 4) is 0 Å². The Bertz CT molecular complexity index is 374. The maximum atomic E-state index is 4.40. The van der Waals surface area contributed by atoms with Gasteiger partial charge in [-0.15, -0.1) is 0 Å². The minimum Gasteiger partial charge on any atom is -0.337 e. The molecule has 0 spiro atoms. The molecule has 1 unspecified atom stereocenters. The van der Waals surface area contributed by atoms with Gasteiger partial charge in [0.05, 0.1) is 6.54 Å². The van der Waals surface area contributed by atoms with Gasteiger partial charge in [-0.1, -0.05) is 0 Å². The molecule has 3 rings (SSSR count). The summed E-state index contributed by atoms with van der Waals surface area (Å²) in [6.45, 7) is 8.11. The molecular formula is C13H23N5. The molecule has 5 nitrogen and oxygen atoms in total.